The molecule has 8 heteroatoms. The summed E-state index contributed by atoms with van der Waals surface area (Å²) in [4.78, 5) is 4.42. The van der Waals surface area contributed by atoms with E-state index in [0.717, 1.165) is 12.2 Å². The van der Waals surface area contributed by atoms with Gasteiger partial charge in [-0.25, -0.2) is 0 Å². The molecule has 1 aliphatic carbocycles. The summed E-state index contributed by atoms with van der Waals surface area (Å²) in [6, 6.07) is 3.47. The predicted octanol–water partition coefficient (Wildman–Crippen LogP) is 4.28. The maximum Gasteiger partial charge on any atom is 0.391 e. The highest BCUT2D eigenvalue weighted by Crippen LogP contribution is 2.37. The molecule has 0 amide bonds. The Bertz CT molecular complexity index is 532. The number of rotatable bonds is 6. The second kappa shape index (κ2) is 10.7. The Kier molecular flexibility index (Phi) is 9.37. The molecule has 0 radical (unpaired) electrons. The van der Waals surface area contributed by atoms with E-state index in [4.69, 9.17) is 4.42 Å². The van der Waals surface area contributed by atoms with Crippen molar-refractivity contribution in [3.8, 4) is 0 Å². The molecule has 1 aromatic rings. The minimum Gasteiger partial charge on any atom is -0.469 e. The Labute approximate surface area is 163 Å². The molecule has 142 valence electrons. The van der Waals surface area contributed by atoms with Gasteiger partial charge in [0.2, 0.25) is 0 Å². The largest absolute Gasteiger partial charge is 0.469 e. The predicted molar refractivity (Wildman–Crippen MR) is 103 cm³/mol. The van der Waals surface area contributed by atoms with Crippen LogP contribution in [0.4, 0.5) is 13.2 Å². The number of aliphatic imine (C=N–C) groups is 1. The maximum atomic E-state index is 12.9. The normalized spacial score (nSPS) is 21.3. The lowest BCUT2D eigenvalue weighted by molar-refractivity contribution is -0.183. The fraction of sp³-hybridized carbons (Fsp3) is 0.588. The first kappa shape index (κ1) is 21.9. The van der Waals surface area contributed by atoms with Crippen LogP contribution >= 0.6 is 24.0 Å². The van der Waals surface area contributed by atoms with E-state index >= 15 is 0 Å². The molecule has 1 heterocycles. The topological polar surface area (TPSA) is 49.6 Å². The van der Waals surface area contributed by atoms with E-state index in [-0.39, 0.29) is 42.9 Å². The molecule has 4 nitrogen and oxygen atoms in total. The van der Waals surface area contributed by atoms with Crippen molar-refractivity contribution in [2.45, 2.75) is 44.3 Å². The molecule has 2 atom stereocenters. The monoisotopic (exact) mass is 471 g/mol. The lowest BCUT2D eigenvalue weighted by Gasteiger charge is -2.31. The molecule has 0 aromatic carbocycles. The van der Waals surface area contributed by atoms with Crippen LogP contribution in [0.1, 0.15) is 31.4 Å². The van der Waals surface area contributed by atoms with Gasteiger partial charge in [-0.1, -0.05) is 12.5 Å². The number of nitrogens with zero attached hydrogens (tertiary/aromatic N) is 1. The Hall–Kier alpha value is -1.19. The second-order valence-corrected chi connectivity index (χ2v) is 5.98. The van der Waals surface area contributed by atoms with Gasteiger partial charge in [0.1, 0.15) is 5.76 Å². The fourth-order valence-electron chi connectivity index (χ4n) is 2.87. The number of hydrogen-bond acceptors (Lipinski definition) is 2. The molecule has 2 N–H and O–H groups in total. The highest BCUT2D eigenvalue weighted by molar-refractivity contribution is 14.0. The van der Waals surface area contributed by atoms with Crippen LogP contribution in [-0.4, -0.2) is 31.3 Å². The SMILES string of the molecule is C=CCNC(=NCCc1ccco1)NC1CCCC(C(F)(F)F)C1.I. The molecule has 1 fully saturated rings. The summed E-state index contributed by atoms with van der Waals surface area (Å²) in [5.74, 6) is 0.124. The summed E-state index contributed by atoms with van der Waals surface area (Å²) >= 11 is 0. The number of nitrogens with one attached hydrogen (secondary N) is 2. The second-order valence-electron chi connectivity index (χ2n) is 5.98. The van der Waals surface area contributed by atoms with Gasteiger partial charge in [-0.3, -0.25) is 4.99 Å². The molecule has 25 heavy (non-hydrogen) atoms. The summed E-state index contributed by atoms with van der Waals surface area (Å²) in [6.07, 6.45) is 1.41. The minimum absolute atomic E-state index is 0. The van der Waals surface area contributed by atoms with E-state index in [2.05, 4.69) is 22.2 Å². The lowest BCUT2D eigenvalue weighted by Crippen LogP contribution is -2.47. The summed E-state index contributed by atoms with van der Waals surface area (Å²) in [5.41, 5.74) is 0. The molecule has 1 aromatic heterocycles. The van der Waals surface area contributed by atoms with Gasteiger partial charge < -0.3 is 15.1 Å². The Balaban J connectivity index is 0.00000312. The number of furan rings is 1. The molecule has 2 unspecified atom stereocenters. The van der Waals surface area contributed by atoms with Crippen molar-refractivity contribution in [2.24, 2.45) is 10.9 Å². The number of hydrogen-bond donors (Lipinski definition) is 2. The van der Waals surface area contributed by atoms with Gasteiger partial charge in [0.05, 0.1) is 12.2 Å². The van der Waals surface area contributed by atoms with E-state index in [0.29, 0.717) is 31.9 Å². The molecule has 0 bridgehead atoms. The van der Waals surface area contributed by atoms with Crippen molar-refractivity contribution in [1.82, 2.24) is 10.6 Å². The van der Waals surface area contributed by atoms with Crippen LogP contribution in [0, 0.1) is 5.92 Å². The Morgan fingerprint density at radius 1 is 1.40 bits per heavy atom. The van der Waals surface area contributed by atoms with E-state index in [1.807, 2.05) is 12.1 Å². The molecular formula is C17H25F3IN3O. The van der Waals surface area contributed by atoms with Gasteiger partial charge in [-0.15, -0.1) is 30.6 Å². The van der Waals surface area contributed by atoms with Crippen LogP contribution in [-0.2, 0) is 6.42 Å². The highest BCUT2D eigenvalue weighted by atomic mass is 127. The van der Waals surface area contributed by atoms with Crippen molar-refractivity contribution >= 4 is 29.9 Å². The summed E-state index contributed by atoms with van der Waals surface area (Å²) in [7, 11) is 0. The van der Waals surface area contributed by atoms with Crippen molar-refractivity contribution in [3.63, 3.8) is 0 Å². The van der Waals surface area contributed by atoms with Crippen molar-refractivity contribution in [1.29, 1.82) is 0 Å². The molecule has 1 aliphatic rings. The first-order valence-electron chi connectivity index (χ1n) is 8.24. The molecular weight excluding hydrogens is 446 g/mol. The summed E-state index contributed by atoms with van der Waals surface area (Å²) < 4.78 is 44.0. The van der Waals surface area contributed by atoms with Gasteiger partial charge in [0.15, 0.2) is 5.96 Å². The first-order chi connectivity index (χ1) is 11.5. The van der Waals surface area contributed by atoms with Crippen LogP contribution in [0.25, 0.3) is 0 Å². The van der Waals surface area contributed by atoms with Gasteiger partial charge in [0, 0.05) is 25.6 Å². The summed E-state index contributed by atoms with van der Waals surface area (Å²) in [6.45, 7) is 4.63. The molecule has 0 aliphatic heterocycles. The van der Waals surface area contributed by atoms with Crippen molar-refractivity contribution in [3.05, 3.63) is 36.8 Å². The molecule has 0 spiro atoms. The number of alkyl halides is 3. The first-order valence-corrected chi connectivity index (χ1v) is 8.24. The zero-order chi connectivity index (χ0) is 17.4. The third-order valence-electron chi connectivity index (χ3n) is 4.10. The van der Waals surface area contributed by atoms with Gasteiger partial charge in [0.25, 0.3) is 0 Å². The van der Waals surface area contributed by atoms with E-state index in [1.165, 1.54) is 0 Å². The standard InChI is InChI=1S/C17H24F3N3O.HI/c1-2-9-21-16(22-10-8-15-7-4-11-24-15)23-14-6-3-5-13(12-14)17(18,19)20;/h2,4,7,11,13-14H,1,3,5-6,8-10,12H2,(H2,21,22,23);1H. The zero-order valence-corrected chi connectivity index (χ0v) is 16.3. The van der Waals surface area contributed by atoms with Crippen LogP contribution in [0.3, 0.4) is 0 Å². The quantitative estimate of drug-likeness (QED) is 0.282. The third-order valence-corrected chi connectivity index (χ3v) is 4.10. The number of halogens is 4. The Morgan fingerprint density at radius 3 is 2.84 bits per heavy atom. The number of guanidine groups is 1. The molecule has 2 rings (SSSR count). The zero-order valence-electron chi connectivity index (χ0n) is 14.0. The minimum atomic E-state index is -4.12. The average Bonchev–Trinajstić information content (AvgIpc) is 3.05. The van der Waals surface area contributed by atoms with Crippen LogP contribution in [0.15, 0.2) is 40.5 Å². The smallest absolute Gasteiger partial charge is 0.391 e. The van der Waals surface area contributed by atoms with Gasteiger partial charge >= 0.3 is 6.18 Å². The average molecular weight is 471 g/mol. The van der Waals surface area contributed by atoms with Crippen LogP contribution in [0.2, 0.25) is 0 Å². The van der Waals surface area contributed by atoms with Gasteiger partial charge in [-0.2, -0.15) is 13.2 Å². The van der Waals surface area contributed by atoms with Gasteiger partial charge in [-0.05, 0) is 31.4 Å². The van der Waals surface area contributed by atoms with E-state index in [9.17, 15) is 13.2 Å². The highest BCUT2D eigenvalue weighted by Gasteiger charge is 2.42. The van der Waals surface area contributed by atoms with E-state index < -0.39 is 12.1 Å². The van der Waals surface area contributed by atoms with Crippen molar-refractivity contribution in [2.75, 3.05) is 13.1 Å². The Morgan fingerprint density at radius 2 is 2.20 bits per heavy atom. The van der Waals surface area contributed by atoms with Crippen LogP contribution in [0.5, 0.6) is 0 Å². The fourth-order valence-corrected chi connectivity index (χ4v) is 2.87. The summed E-state index contributed by atoms with van der Waals surface area (Å²) in [5, 5.41) is 6.19. The lowest BCUT2D eigenvalue weighted by atomic mass is 9.85. The maximum absolute atomic E-state index is 12.9. The van der Waals surface area contributed by atoms with E-state index in [1.54, 1.807) is 12.3 Å². The third kappa shape index (κ3) is 7.70. The van der Waals surface area contributed by atoms with Crippen molar-refractivity contribution < 1.29 is 17.6 Å². The van der Waals surface area contributed by atoms with Crippen LogP contribution < -0.4 is 10.6 Å². The molecule has 0 saturated heterocycles. The molecule has 1 saturated carbocycles.